The molecule has 0 fully saturated rings. The SMILES string of the molecule is CC/C=C\C/C=C\C/C=C\C/C=C\C/C=C\CCCCCC(=O)OC(COC(=O)CCCCCCC)COC(=O)CCCCCCCCCCCCCCCC/C=C\C/C=C\C/C=C\CCCCCCC. The Bertz CT molecular complexity index is 1410. The molecule has 0 aromatic carbocycles. The zero-order chi connectivity index (χ0) is 51.4. The lowest BCUT2D eigenvalue weighted by atomic mass is 10.0. The lowest BCUT2D eigenvalue weighted by molar-refractivity contribution is -0.167. The summed E-state index contributed by atoms with van der Waals surface area (Å²) in [5.41, 5.74) is 0. The Morgan fingerprint density at radius 3 is 0.873 bits per heavy atom. The maximum atomic E-state index is 12.8. The summed E-state index contributed by atoms with van der Waals surface area (Å²) in [7, 11) is 0. The molecule has 0 saturated heterocycles. The van der Waals surface area contributed by atoms with Crippen LogP contribution >= 0.6 is 0 Å². The van der Waals surface area contributed by atoms with E-state index in [1.165, 1.54) is 122 Å². The molecule has 406 valence electrons. The molecule has 0 aliphatic heterocycles. The molecule has 0 aliphatic carbocycles. The van der Waals surface area contributed by atoms with E-state index < -0.39 is 6.10 Å². The molecule has 0 radical (unpaired) electrons. The number of carbonyl (C=O) groups is 3. The van der Waals surface area contributed by atoms with Gasteiger partial charge in [0.2, 0.25) is 0 Å². The van der Waals surface area contributed by atoms with E-state index in [1.54, 1.807) is 0 Å². The third-order valence-electron chi connectivity index (χ3n) is 12.6. The van der Waals surface area contributed by atoms with Crippen molar-refractivity contribution in [1.82, 2.24) is 0 Å². The highest BCUT2D eigenvalue weighted by atomic mass is 16.6. The predicted molar refractivity (Wildman–Crippen MR) is 307 cm³/mol. The van der Waals surface area contributed by atoms with Crippen LogP contribution in [0.1, 0.15) is 278 Å². The maximum absolute atomic E-state index is 12.8. The number of rotatable bonds is 53. The fourth-order valence-corrected chi connectivity index (χ4v) is 8.12. The fourth-order valence-electron chi connectivity index (χ4n) is 8.12. The Kier molecular flexibility index (Phi) is 55.9. The molecule has 0 aliphatic rings. The van der Waals surface area contributed by atoms with Crippen LogP contribution in [0, 0.1) is 0 Å². The Morgan fingerprint density at radius 1 is 0.296 bits per heavy atom. The number of hydrogen-bond acceptors (Lipinski definition) is 6. The number of carbonyl (C=O) groups excluding carboxylic acids is 3. The lowest BCUT2D eigenvalue weighted by Crippen LogP contribution is -2.30. The maximum Gasteiger partial charge on any atom is 0.306 e. The van der Waals surface area contributed by atoms with Gasteiger partial charge in [0, 0.05) is 19.3 Å². The minimum Gasteiger partial charge on any atom is -0.462 e. The van der Waals surface area contributed by atoms with E-state index in [1.807, 2.05) is 0 Å². The van der Waals surface area contributed by atoms with Gasteiger partial charge in [-0.05, 0) is 103 Å². The third-order valence-corrected chi connectivity index (χ3v) is 12.6. The van der Waals surface area contributed by atoms with E-state index in [9.17, 15) is 14.4 Å². The Hall–Kier alpha value is -3.67. The minimum atomic E-state index is -0.792. The summed E-state index contributed by atoms with van der Waals surface area (Å²) < 4.78 is 16.7. The highest BCUT2D eigenvalue weighted by Crippen LogP contribution is 2.15. The van der Waals surface area contributed by atoms with Gasteiger partial charge < -0.3 is 14.2 Å². The summed E-state index contributed by atoms with van der Waals surface area (Å²) in [6.45, 7) is 6.41. The van der Waals surface area contributed by atoms with Crippen LogP contribution in [0.5, 0.6) is 0 Å². The van der Waals surface area contributed by atoms with Crippen molar-refractivity contribution in [3.63, 3.8) is 0 Å². The number of esters is 3. The van der Waals surface area contributed by atoms with Crippen LogP contribution in [0.2, 0.25) is 0 Å². The van der Waals surface area contributed by atoms with Crippen molar-refractivity contribution in [1.29, 1.82) is 0 Å². The monoisotopic (exact) mass is 987 g/mol. The zero-order valence-electron chi connectivity index (χ0n) is 46.5. The van der Waals surface area contributed by atoms with Gasteiger partial charge in [-0.15, -0.1) is 0 Å². The van der Waals surface area contributed by atoms with Crippen molar-refractivity contribution in [3.8, 4) is 0 Å². The van der Waals surface area contributed by atoms with Crippen molar-refractivity contribution in [2.75, 3.05) is 13.2 Å². The number of ether oxygens (including phenoxy) is 3. The second kappa shape index (κ2) is 58.9. The summed E-state index contributed by atoms with van der Waals surface area (Å²) in [5, 5.41) is 0. The van der Waals surface area contributed by atoms with Crippen molar-refractivity contribution < 1.29 is 28.6 Å². The number of unbranched alkanes of at least 4 members (excludes halogenated alkanes) is 26. The molecule has 6 nitrogen and oxygen atoms in total. The third kappa shape index (κ3) is 57.1. The van der Waals surface area contributed by atoms with Gasteiger partial charge in [0.15, 0.2) is 6.10 Å². The van der Waals surface area contributed by atoms with Crippen LogP contribution in [-0.4, -0.2) is 37.2 Å². The highest BCUT2D eigenvalue weighted by molar-refractivity contribution is 5.71. The van der Waals surface area contributed by atoms with E-state index in [2.05, 4.69) is 118 Å². The molecule has 0 aromatic heterocycles. The average molecular weight is 988 g/mol. The van der Waals surface area contributed by atoms with Crippen molar-refractivity contribution in [3.05, 3.63) is 97.2 Å². The van der Waals surface area contributed by atoms with Gasteiger partial charge in [-0.3, -0.25) is 14.4 Å². The molecular formula is C65H110O6. The molecule has 0 aromatic rings. The first-order valence-electron chi connectivity index (χ1n) is 29.7. The van der Waals surface area contributed by atoms with Crippen LogP contribution in [0.25, 0.3) is 0 Å². The summed E-state index contributed by atoms with van der Waals surface area (Å²) in [4.78, 5) is 37.8. The number of hydrogen-bond donors (Lipinski definition) is 0. The first-order chi connectivity index (χ1) is 35.0. The average Bonchev–Trinajstić information content (AvgIpc) is 3.37. The predicted octanol–water partition coefficient (Wildman–Crippen LogP) is 20.1. The summed E-state index contributed by atoms with van der Waals surface area (Å²) in [6, 6.07) is 0. The van der Waals surface area contributed by atoms with Gasteiger partial charge in [0.25, 0.3) is 0 Å². The molecule has 0 heterocycles. The van der Waals surface area contributed by atoms with E-state index in [0.29, 0.717) is 12.8 Å². The molecule has 0 N–H and O–H groups in total. The summed E-state index contributed by atoms with van der Waals surface area (Å²) in [6.07, 6.45) is 78.9. The van der Waals surface area contributed by atoms with Crippen LogP contribution in [0.3, 0.4) is 0 Å². The normalized spacial score (nSPS) is 12.8. The molecule has 0 bridgehead atoms. The van der Waals surface area contributed by atoms with Crippen LogP contribution < -0.4 is 0 Å². The first kappa shape index (κ1) is 67.3. The zero-order valence-corrected chi connectivity index (χ0v) is 46.5. The molecule has 0 rings (SSSR count). The number of allylic oxidation sites excluding steroid dienone is 16. The van der Waals surface area contributed by atoms with E-state index in [4.69, 9.17) is 14.2 Å². The second-order valence-corrected chi connectivity index (χ2v) is 19.5. The van der Waals surface area contributed by atoms with Crippen LogP contribution in [-0.2, 0) is 28.6 Å². The Labute approximate surface area is 438 Å². The summed E-state index contributed by atoms with van der Waals surface area (Å²) in [5.74, 6) is -0.936. The van der Waals surface area contributed by atoms with E-state index in [-0.39, 0.29) is 37.5 Å². The van der Waals surface area contributed by atoms with Gasteiger partial charge in [0.1, 0.15) is 13.2 Å². The van der Waals surface area contributed by atoms with Crippen molar-refractivity contribution in [2.45, 2.75) is 284 Å². The molecule has 71 heavy (non-hydrogen) atoms. The molecule has 0 spiro atoms. The Balaban J connectivity index is 4.08. The van der Waals surface area contributed by atoms with Crippen LogP contribution in [0.4, 0.5) is 0 Å². The smallest absolute Gasteiger partial charge is 0.306 e. The van der Waals surface area contributed by atoms with Crippen LogP contribution in [0.15, 0.2) is 97.2 Å². The molecule has 0 saturated carbocycles. The standard InChI is InChI=1S/C65H110O6/c1-4-7-10-13-15-17-19-21-23-25-27-28-29-30-31-32-33-34-35-36-38-39-41-43-45-47-49-52-55-58-64(67)70-61-62(60-69-63(66)57-54-51-12-9-6-3)71-65(68)59-56-53-50-48-46-44-42-40-37-26-24-22-20-18-16-14-11-8-5-2/h8,11,16,18-19,21-22,24-25,27,29-30,37,40,44,46,62H,4-7,9-10,12-15,17,20,23,26,28,31-36,38-39,41-43,45,47-61H2,1-3H3/b11-8-,18-16-,21-19-,24-22-,27-25-,30-29-,40-37-,46-44-. The van der Waals surface area contributed by atoms with Gasteiger partial charge in [-0.1, -0.05) is 253 Å². The molecular weight excluding hydrogens is 877 g/mol. The quantitative estimate of drug-likeness (QED) is 0.0261. The topological polar surface area (TPSA) is 78.9 Å². The molecule has 6 heteroatoms. The van der Waals surface area contributed by atoms with E-state index in [0.717, 1.165) is 116 Å². The van der Waals surface area contributed by atoms with Gasteiger partial charge in [-0.25, -0.2) is 0 Å². The fraction of sp³-hybridized carbons (Fsp3) is 0.708. The van der Waals surface area contributed by atoms with Gasteiger partial charge >= 0.3 is 17.9 Å². The second-order valence-electron chi connectivity index (χ2n) is 19.5. The molecule has 1 unspecified atom stereocenters. The summed E-state index contributed by atoms with van der Waals surface area (Å²) >= 11 is 0. The largest absolute Gasteiger partial charge is 0.462 e. The van der Waals surface area contributed by atoms with E-state index >= 15 is 0 Å². The minimum absolute atomic E-state index is 0.0910. The van der Waals surface area contributed by atoms with Crippen molar-refractivity contribution >= 4 is 17.9 Å². The molecule has 0 amide bonds. The van der Waals surface area contributed by atoms with Gasteiger partial charge in [0.05, 0.1) is 0 Å². The van der Waals surface area contributed by atoms with Crippen molar-refractivity contribution in [2.24, 2.45) is 0 Å². The van der Waals surface area contributed by atoms with Gasteiger partial charge in [-0.2, -0.15) is 0 Å². The molecule has 1 atom stereocenters. The lowest BCUT2D eigenvalue weighted by Gasteiger charge is -2.18. The first-order valence-corrected chi connectivity index (χ1v) is 29.7. The highest BCUT2D eigenvalue weighted by Gasteiger charge is 2.19. The Morgan fingerprint density at radius 2 is 0.549 bits per heavy atom.